The molecule has 18 heavy (non-hydrogen) atoms. The molecule has 1 atom stereocenters. The summed E-state index contributed by atoms with van der Waals surface area (Å²) in [5.74, 6) is 0.641. The first kappa shape index (κ1) is 15.5. The van der Waals surface area contributed by atoms with Gasteiger partial charge >= 0.3 is 0 Å². The second kappa shape index (κ2) is 7.10. The molecule has 6 nitrogen and oxygen atoms in total. The number of nitrogens with one attached hydrogen (secondary N) is 1. The van der Waals surface area contributed by atoms with Gasteiger partial charge in [0.1, 0.15) is 12.7 Å². The molecule has 1 aliphatic heterocycles. The number of allylic oxidation sites excluding steroid dienone is 3. The Balaban J connectivity index is 2.56. The predicted octanol–water partition coefficient (Wildman–Crippen LogP) is 0.612. The van der Waals surface area contributed by atoms with Crippen LogP contribution >= 0.6 is 11.6 Å². The zero-order chi connectivity index (χ0) is 13.6. The molecule has 0 spiro atoms. The molecule has 0 saturated heterocycles. The van der Waals surface area contributed by atoms with Crippen LogP contribution in [0.25, 0.3) is 0 Å². The van der Waals surface area contributed by atoms with E-state index in [-0.39, 0.29) is 13.2 Å². The van der Waals surface area contributed by atoms with E-state index < -0.39 is 16.3 Å². The highest BCUT2D eigenvalue weighted by atomic mass is 35.5. The maximum absolute atomic E-state index is 10.8. The van der Waals surface area contributed by atoms with Gasteiger partial charge in [-0.25, -0.2) is 5.14 Å². The van der Waals surface area contributed by atoms with Crippen molar-refractivity contribution in [1.29, 1.82) is 0 Å². The highest BCUT2D eigenvalue weighted by molar-refractivity contribution is 7.87. The van der Waals surface area contributed by atoms with E-state index in [1.807, 2.05) is 6.08 Å². The first-order valence-electron chi connectivity index (χ1n) is 5.42. The summed E-state index contributed by atoms with van der Waals surface area (Å²) in [6.45, 7) is 2.50. The lowest BCUT2D eigenvalue weighted by Gasteiger charge is -2.19. The van der Waals surface area contributed by atoms with Crippen molar-refractivity contribution >= 4 is 21.8 Å². The number of ether oxygens (including phenoxy) is 2. The first-order valence-corrected chi connectivity index (χ1v) is 7.35. The molecule has 0 fully saturated rings. The molecule has 1 rings (SSSR count). The van der Waals surface area contributed by atoms with Gasteiger partial charge in [0.15, 0.2) is 0 Å². The zero-order valence-electron chi connectivity index (χ0n) is 10.1. The van der Waals surface area contributed by atoms with Gasteiger partial charge < -0.3 is 9.47 Å². The van der Waals surface area contributed by atoms with Crippen LogP contribution in [-0.4, -0.2) is 34.3 Å². The number of nitrogens with two attached hydrogens (primary N) is 1. The Labute approximate surface area is 112 Å². The van der Waals surface area contributed by atoms with E-state index in [2.05, 4.69) is 4.72 Å². The van der Waals surface area contributed by atoms with Crippen molar-refractivity contribution in [3.63, 3.8) is 0 Å². The summed E-state index contributed by atoms with van der Waals surface area (Å²) in [4.78, 5) is 0. The minimum Gasteiger partial charge on any atom is -0.495 e. The molecule has 0 aromatic carbocycles. The van der Waals surface area contributed by atoms with Crippen molar-refractivity contribution < 1.29 is 17.9 Å². The standard InChI is InChI=1S/C10H17ClN2O4S/c1-8-5-9(11)3-2-4-16-10(7-17-8)6-13-18(12,14)15/h3,5,10,13H,2,4,6-7H2,1H3,(H2,12,14,15)/b8-5+,9-3+/t10-/m0/s1. The second-order valence-corrected chi connectivity index (χ2v) is 5.65. The summed E-state index contributed by atoms with van der Waals surface area (Å²) in [6, 6.07) is 0. The molecule has 0 aromatic rings. The Kier molecular flexibility index (Phi) is 6.10. The van der Waals surface area contributed by atoms with Gasteiger partial charge in [0.25, 0.3) is 10.2 Å². The number of hydrogen-bond acceptors (Lipinski definition) is 4. The minimum atomic E-state index is -3.72. The highest BCUT2D eigenvalue weighted by Crippen LogP contribution is 2.12. The van der Waals surface area contributed by atoms with Gasteiger partial charge in [-0.3, -0.25) is 0 Å². The van der Waals surface area contributed by atoms with Gasteiger partial charge in [-0.1, -0.05) is 17.7 Å². The lowest BCUT2D eigenvalue weighted by molar-refractivity contribution is 0.00750. The van der Waals surface area contributed by atoms with Crippen LogP contribution in [0, 0.1) is 0 Å². The van der Waals surface area contributed by atoms with Crippen LogP contribution in [0.3, 0.4) is 0 Å². The van der Waals surface area contributed by atoms with E-state index in [0.717, 1.165) is 0 Å². The Morgan fingerprint density at radius 3 is 3.00 bits per heavy atom. The van der Waals surface area contributed by atoms with E-state index in [1.54, 1.807) is 13.0 Å². The van der Waals surface area contributed by atoms with Crippen LogP contribution in [0.1, 0.15) is 13.3 Å². The smallest absolute Gasteiger partial charge is 0.274 e. The minimum absolute atomic E-state index is 0.0730. The van der Waals surface area contributed by atoms with Crippen molar-refractivity contribution in [3.8, 4) is 0 Å². The van der Waals surface area contributed by atoms with Gasteiger partial charge in [0.2, 0.25) is 0 Å². The summed E-state index contributed by atoms with van der Waals surface area (Å²) in [6.07, 6.45) is 3.77. The molecule has 0 aliphatic carbocycles. The Hall–Kier alpha value is -0.600. The van der Waals surface area contributed by atoms with Crippen LogP contribution in [0.4, 0.5) is 0 Å². The van der Waals surface area contributed by atoms with Gasteiger partial charge in [-0.15, -0.1) is 0 Å². The summed E-state index contributed by atoms with van der Waals surface area (Å²) in [5.41, 5.74) is 0. The molecular weight excluding hydrogens is 280 g/mol. The second-order valence-electron chi connectivity index (χ2n) is 3.83. The molecule has 104 valence electrons. The van der Waals surface area contributed by atoms with Crippen LogP contribution in [0.5, 0.6) is 0 Å². The molecule has 0 unspecified atom stereocenters. The lowest BCUT2D eigenvalue weighted by Crippen LogP contribution is -2.39. The number of halogens is 1. The van der Waals surface area contributed by atoms with E-state index in [9.17, 15) is 8.42 Å². The quantitative estimate of drug-likeness (QED) is 0.798. The molecule has 0 aromatic heterocycles. The first-order chi connectivity index (χ1) is 8.37. The summed E-state index contributed by atoms with van der Waals surface area (Å²) in [7, 11) is -3.72. The van der Waals surface area contributed by atoms with Gasteiger partial charge in [0, 0.05) is 11.6 Å². The molecule has 8 heteroatoms. The van der Waals surface area contributed by atoms with Crippen LogP contribution in [0.2, 0.25) is 0 Å². The number of hydrogen-bond donors (Lipinski definition) is 2. The maximum Gasteiger partial charge on any atom is 0.274 e. The molecule has 1 heterocycles. The average Bonchev–Trinajstić information content (AvgIpc) is 2.25. The number of rotatable bonds is 3. The lowest BCUT2D eigenvalue weighted by atomic mass is 10.3. The fourth-order valence-corrected chi connectivity index (χ4v) is 2.01. The molecule has 0 saturated carbocycles. The fraction of sp³-hybridized carbons (Fsp3) is 0.600. The fourth-order valence-electron chi connectivity index (χ4n) is 1.33. The Bertz CT molecular complexity index is 433. The van der Waals surface area contributed by atoms with Crippen LogP contribution in [-0.2, 0) is 19.7 Å². The molecule has 3 N–H and O–H groups in total. The summed E-state index contributed by atoms with van der Waals surface area (Å²) in [5, 5.41) is 5.44. The van der Waals surface area contributed by atoms with E-state index in [0.29, 0.717) is 23.8 Å². The Morgan fingerprint density at radius 1 is 1.61 bits per heavy atom. The van der Waals surface area contributed by atoms with Gasteiger partial charge in [-0.2, -0.15) is 13.1 Å². The third-order valence-corrected chi connectivity index (χ3v) is 2.99. The van der Waals surface area contributed by atoms with Crippen molar-refractivity contribution in [3.05, 3.63) is 22.9 Å². The highest BCUT2D eigenvalue weighted by Gasteiger charge is 2.14. The van der Waals surface area contributed by atoms with E-state index >= 15 is 0 Å². The largest absolute Gasteiger partial charge is 0.495 e. The van der Waals surface area contributed by atoms with Crippen molar-refractivity contribution in [2.75, 3.05) is 19.8 Å². The third kappa shape index (κ3) is 6.97. The van der Waals surface area contributed by atoms with Crippen LogP contribution in [0.15, 0.2) is 22.9 Å². The van der Waals surface area contributed by atoms with Crippen molar-refractivity contribution in [2.45, 2.75) is 19.4 Å². The van der Waals surface area contributed by atoms with Crippen molar-refractivity contribution in [2.24, 2.45) is 5.14 Å². The van der Waals surface area contributed by atoms with Crippen LogP contribution < -0.4 is 9.86 Å². The monoisotopic (exact) mass is 296 g/mol. The van der Waals surface area contributed by atoms with Crippen molar-refractivity contribution in [1.82, 2.24) is 4.72 Å². The predicted molar refractivity (Wildman–Crippen MR) is 69.1 cm³/mol. The van der Waals surface area contributed by atoms with Gasteiger partial charge in [-0.05, 0) is 19.4 Å². The molecular formula is C10H17ClN2O4S. The molecule has 0 radical (unpaired) electrons. The molecule has 0 bridgehead atoms. The zero-order valence-corrected chi connectivity index (χ0v) is 11.6. The summed E-state index contributed by atoms with van der Waals surface area (Å²) >= 11 is 5.91. The third-order valence-electron chi connectivity index (χ3n) is 2.16. The SMILES string of the molecule is C/C1=C\C(Cl)=C/CCO[C@@H](CNS(N)(=O)=O)CO1. The normalized spacial score (nSPS) is 28.5. The topological polar surface area (TPSA) is 90.6 Å². The van der Waals surface area contributed by atoms with E-state index in [4.69, 9.17) is 26.2 Å². The molecule has 1 aliphatic rings. The molecule has 0 amide bonds. The van der Waals surface area contributed by atoms with E-state index in [1.165, 1.54) is 0 Å². The summed E-state index contributed by atoms with van der Waals surface area (Å²) < 4.78 is 34.6. The average molecular weight is 297 g/mol. The Morgan fingerprint density at radius 2 is 2.33 bits per heavy atom. The van der Waals surface area contributed by atoms with Gasteiger partial charge in [0.05, 0.1) is 12.4 Å². The maximum atomic E-state index is 10.8.